The summed E-state index contributed by atoms with van der Waals surface area (Å²) in [5, 5.41) is 12.8. The second-order valence-corrected chi connectivity index (χ2v) is 5.91. The van der Waals surface area contributed by atoms with Crippen molar-refractivity contribution in [2.45, 2.75) is 70.6 Å². The van der Waals surface area contributed by atoms with Crippen molar-refractivity contribution in [3.8, 4) is 0 Å². The average Bonchev–Trinajstić information content (AvgIpc) is 2.64. The summed E-state index contributed by atoms with van der Waals surface area (Å²) in [5.41, 5.74) is -1.56. The van der Waals surface area contributed by atoms with E-state index >= 15 is 0 Å². The fraction of sp³-hybridized carbons (Fsp3) is 0.923. The van der Waals surface area contributed by atoms with Gasteiger partial charge >= 0.3 is 0 Å². The molecule has 4 heteroatoms. The molecular weight excluding hydrogens is 218 g/mol. The van der Waals surface area contributed by atoms with Crippen LogP contribution in [0.15, 0.2) is 0 Å². The van der Waals surface area contributed by atoms with E-state index in [1.807, 2.05) is 13.8 Å². The monoisotopic (exact) mass is 243 g/mol. The third kappa shape index (κ3) is 4.28. The van der Waals surface area contributed by atoms with Crippen LogP contribution in [0.3, 0.4) is 0 Å². The summed E-state index contributed by atoms with van der Waals surface area (Å²) in [6, 6.07) is 0. The number of carbonyl (C=O) groups is 1. The van der Waals surface area contributed by atoms with Crippen LogP contribution < -0.4 is 5.32 Å². The average molecular weight is 243 g/mol. The van der Waals surface area contributed by atoms with E-state index in [1.165, 1.54) is 0 Å². The zero-order valence-corrected chi connectivity index (χ0v) is 11.4. The Balaban J connectivity index is 2.33. The molecule has 1 aliphatic heterocycles. The molecule has 4 nitrogen and oxygen atoms in total. The van der Waals surface area contributed by atoms with Gasteiger partial charge in [-0.15, -0.1) is 0 Å². The van der Waals surface area contributed by atoms with Gasteiger partial charge in [0.1, 0.15) is 0 Å². The van der Waals surface area contributed by atoms with Gasteiger partial charge in [-0.25, -0.2) is 0 Å². The normalized spacial score (nSPS) is 21.6. The minimum atomic E-state index is -0.938. The molecule has 0 saturated carbocycles. The van der Waals surface area contributed by atoms with Crippen molar-refractivity contribution in [3.05, 3.63) is 0 Å². The minimum Gasteiger partial charge on any atom is -0.388 e. The van der Waals surface area contributed by atoms with Gasteiger partial charge in [-0.2, -0.15) is 0 Å². The third-order valence-electron chi connectivity index (χ3n) is 3.70. The Bertz CT molecular complexity index is 262. The number of ether oxygens (including phenoxy) is 1. The van der Waals surface area contributed by atoms with E-state index in [0.29, 0.717) is 6.42 Å². The Morgan fingerprint density at radius 2 is 2.06 bits per heavy atom. The first-order valence-corrected chi connectivity index (χ1v) is 6.37. The van der Waals surface area contributed by atoms with Gasteiger partial charge in [0.25, 0.3) is 0 Å². The van der Waals surface area contributed by atoms with E-state index in [1.54, 1.807) is 13.8 Å². The predicted molar refractivity (Wildman–Crippen MR) is 66.7 cm³/mol. The van der Waals surface area contributed by atoms with Gasteiger partial charge in [0.05, 0.1) is 17.2 Å². The van der Waals surface area contributed by atoms with Crippen LogP contribution in [0.5, 0.6) is 0 Å². The van der Waals surface area contributed by atoms with Crippen LogP contribution in [0, 0.1) is 0 Å². The van der Waals surface area contributed by atoms with Crippen LogP contribution in [0.1, 0.15) is 53.4 Å². The first kappa shape index (κ1) is 14.5. The van der Waals surface area contributed by atoms with Gasteiger partial charge in [0.2, 0.25) is 5.91 Å². The van der Waals surface area contributed by atoms with Crippen molar-refractivity contribution in [2.75, 3.05) is 6.61 Å². The minimum absolute atomic E-state index is 0.0207. The van der Waals surface area contributed by atoms with Gasteiger partial charge < -0.3 is 15.2 Å². The third-order valence-corrected chi connectivity index (χ3v) is 3.70. The Labute approximate surface area is 104 Å². The van der Waals surface area contributed by atoms with Gasteiger partial charge in [-0.05, 0) is 47.0 Å². The zero-order valence-electron chi connectivity index (χ0n) is 11.4. The molecule has 0 radical (unpaired) electrons. The number of amides is 1. The van der Waals surface area contributed by atoms with Crippen molar-refractivity contribution in [3.63, 3.8) is 0 Å². The number of hydrogen-bond acceptors (Lipinski definition) is 3. The summed E-state index contributed by atoms with van der Waals surface area (Å²) in [6.45, 7) is 7.89. The van der Waals surface area contributed by atoms with E-state index in [2.05, 4.69) is 5.32 Å². The predicted octanol–water partition coefficient (Wildman–Crippen LogP) is 1.61. The number of hydrogen-bond donors (Lipinski definition) is 2. The summed E-state index contributed by atoms with van der Waals surface area (Å²) >= 11 is 0. The maximum Gasteiger partial charge on any atom is 0.220 e. The molecule has 1 heterocycles. The molecule has 0 aromatic carbocycles. The molecule has 2 N–H and O–H groups in total. The number of carbonyl (C=O) groups excluding carboxylic acids is 1. The zero-order chi connectivity index (χ0) is 13.1. The molecule has 0 bridgehead atoms. The van der Waals surface area contributed by atoms with Crippen molar-refractivity contribution >= 4 is 5.91 Å². The highest BCUT2D eigenvalue weighted by atomic mass is 16.5. The van der Waals surface area contributed by atoms with E-state index in [0.717, 1.165) is 25.9 Å². The lowest BCUT2D eigenvalue weighted by molar-refractivity contribution is -0.126. The maximum absolute atomic E-state index is 11.8. The van der Waals surface area contributed by atoms with Gasteiger partial charge in [-0.3, -0.25) is 4.79 Å². The molecule has 1 rings (SSSR count). The van der Waals surface area contributed by atoms with Gasteiger partial charge in [-0.1, -0.05) is 0 Å². The van der Waals surface area contributed by atoms with Crippen LogP contribution >= 0.6 is 0 Å². The van der Waals surface area contributed by atoms with Crippen LogP contribution in [-0.4, -0.2) is 34.9 Å². The van der Waals surface area contributed by atoms with Crippen LogP contribution in [0.4, 0.5) is 0 Å². The van der Waals surface area contributed by atoms with E-state index in [-0.39, 0.29) is 12.0 Å². The summed E-state index contributed by atoms with van der Waals surface area (Å²) in [6.07, 6.45) is 3.63. The molecule has 1 fully saturated rings. The fourth-order valence-corrected chi connectivity index (χ4v) is 1.73. The molecule has 1 amide bonds. The first-order valence-electron chi connectivity index (χ1n) is 6.37. The molecule has 0 spiro atoms. The van der Waals surface area contributed by atoms with Crippen LogP contribution in [-0.2, 0) is 9.53 Å². The Kier molecular flexibility index (Phi) is 4.55. The number of rotatable bonds is 5. The standard InChI is InChI=1S/C13H25NO3/c1-12(2,13(3,4)16)14-11(15)8-7-10-6-5-9-17-10/h10,16H,5-9H2,1-4H3,(H,14,15). The second kappa shape index (κ2) is 5.36. The van der Waals surface area contributed by atoms with Crippen LogP contribution in [0.2, 0.25) is 0 Å². The molecule has 1 aliphatic rings. The molecule has 1 saturated heterocycles. The summed E-state index contributed by atoms with van der Waals surface area (Å²) in [7, 11) is 0. The van der Waals surface area contributed by atoms with E-state index in [4.69, 9.17) is 4.74 Å². The molecule has 1 unspecified atom stereocenters. The molecule has 17 heavy (non-hydrogen) atoms. The Hall–Kier alpha value is -0.610. The molecule has 100 valence electrons. The maximum atomic E-state index is 11.8. The SMILES string of the molecule is CC(C)(O)C(C)(C)NC(=O)CCC1CCCO1. The summed E-state index contributed by atoms with van der Waals surface area (Å²) in [4.78, 5) is 11.8. The smallest absolute Gasteiger partial charge is 0.220 e. The highest BCUT2D eigenvalue weighted by molar-refractivity contribution is 5.76. The fourth-order valence-electron chi connectivity index (χ4n) is 1.73. The van der Waals surface area contributed by atoms with Crippen molar-refractivity contribution < 1.29 is 14.6 Å². The van der Waals surface area contributed by atoms with Crippen molar-refractivity contribution in [2.24, 2.45) is 0 Å². The van der Waals surface area contributed by atoms with Crippen LogP contribution in [0.25, 0.3) is 0 Å². The Morgan fingerprint density at radius 1 is 1.41 bits per heavy atom. The lowest BCUT2D eigenvalue weighted by Gasteiger charge is -2.38. The first-order chi connectivity index (χ1) is 7.72. The quantitative estimate of drug-likeness (QED) is 0.771. The Morgan fingerprint density at radius 3 is 2.53 bits per heavy atom. The van der Waals surface area contributed by atoms with Gasteiger partial charge in [0.15, 0.2) is 0 Å². The number of nitrogens with one attached hydrogen (secondary N) is 1. The molecule has 0 aromatic heterocycles. The molecule has 0 aliphatic carbocycles. The highest BCUT2D eigenvalue weighted by Gasteiger charge is 2.36. The molecular formula is C13H25NO3. The lowest BCUT2D eigenvalue weighted by atomic mass is 9.86. The molecule has 1 atom stereocenters. The van der Waals surface area contributed by atoms with Crippen molar-refractivity contribution in [1.82, 2.24) is 5.32 Å². The van der Waals surface area contributed by atoms with Crippen molar-refractivity contribution in [1.29, 1.82) is 0 Å². The number of aliphatic hydroxyl groups is 1. The largest absolute Gasteiger partial charge is 0.388 e. The van der Waals surface area contributed by atoms with E-state index < -0.39 is 11.1 Å². The topological polar surface area (TPSA) is 58.6 Å². The highest BCUT2D eigenvalue weighted by Crippen LogP contribution is 2.21. The van der Waals surface area contributed by atoms with Gasteiger partial charge in [0, 0.05) is 13.0 Å². The summed E-state index contributed by atoms with van der Waals surface area (Å²) in [5.74, 6) is -0.0207. The lowest BCUT2D eigenvalue weighted by Crippen LogP contribution is -2.57. The molecule has 0 aromatic rings. The second-order valence-electron chi connectivity index (χ2n) is 5.91. The summed E-state index contributed by atoms with van der Waals surface area (Å²) < 4.78 is 5.47. The van der Waals surface area contributed by atoms with E-state index in [9.17, 15) is 9.90 Å².